The summed E-state index contributed by atoms with van der Waals surface area (Å²) in [6.07, 6.45) is 1.69. The van der Waals surface area contributed by atoms with Gasteiger partial charge in [0.25, 0.3) is 0 Å². The van der Waals surface area contributed by atoms with Gasteiger partial charge in [0.2, 0.25) is 5.91 Å². The van der Waals surface area contributed by atoms with E-state index in [9.17, 15) is 4.79 Å². The average Bonchev–Trinajstić information content (AvgIpc) is 2.84. The molecule has 4 nitrogen and oxygen atoms in total. The number of thioether (sulfide) groups is 1. The highest BCUT2D eigenvalue weighted by Gasteiger charge is 2.24. The number of nitrogens with zero attached hydrogens (tertiary/aromatic N) is 1. The van der Waals surface area contributed by atoms with E-state index in [4.69, 9.17) is 4.42 Å². The largest absolute Gasteiger partial charge is 0.468 e. The molecular weight excluding hydrogens is 236 g/mol. The minimum absolute atomic E-state index is 0.00735. The number of amides is 1. The molecule has 17 heavy (non-hydrogen) atoms. The van der Waals surface area contributed by atoms with Crippen molar-refractivity contribution in [3.05, 3.63) is 24.2 Å². The quantitative estimate of drug-likeness (QED) is 0.884. The van der Waals surface area contributed by atoms with Gasteiger partial charge >= 0.3 is 0 Å². The molecule has 1 N–H and O–H groups in total. The maximum absolute atomic E-state index is 11.0. The van der Waals surface area contributed by atoms with E-state index >= 15 is 0 Å². The average molecular weight is 254 g/mol. The molecule has 1 amide bonds. The fourth-order valence-corrected chi connectivity index (χ4v) is 2.95. The van der Waals surface area contributed by atoms with Crippen LogP contribution in [0.25, 0.3) is 0 Å². The molecule has 94 valence electrons. The Morgan fingerprint density at radius 1 is 1.59 bits per heavy atom. The molecule has 2 heterocycles. The Bertz CT molecular complexity index is 347. The van der Waals surface area contributed by atoms with Gasteiger partial charge in [-0.1, -0.05) is 0 Å². The molecule has 0 radical (unpaired) electrons. The van der Waals surface area contributed by atoms with Gasteiger partial charge in [-0.05, 0) is 12.1 Å². The van der Waals surface area contributed by atoms with Crippen LogP contribution in [0, 0.1) is 0 Å². The molecule has 1 unspecified atom stereocenters. The van der Waals surface area contributed by atoms with Gasteiger partial charge in [0.1, 0.15) is 5.76 Å². The monoisotopic (exact) mass is 254 g/mol. The Morgan fingerprint density at radius 3 is 2.94 bits per heavy atom. The van der Waals surface area contributed by atoms with Gasteiger partial charge in [0, 0.05) is 38.1 Å². The fourth-order valence-electron chi connectivity index (χ4n) is 2.02. The van der Waals surface area contributed by atoms with Crippen molar-refractivity contribution in [3.63, 3.8) is 0 Å². The Hall–Kier alpha value is -0.940. The topological polar surface area (TPSA) is 45.5 Å². The van der Waals surface area contributed by atoms with Crippen LogP contribution in [0.2, 0.25) is 0 Å². The molecule has 0 spiro atoms. The minimum Gasteiger partial charge on any atom is -0.468 e. The maximum Gasteiger partial charge on any atom is 0.216 e. The molecule has 1 aromatic rings. The SMILES string of the molecule is CC(=O)NCC(c1ccco1)N1CCSCC1. The first-order valence-corrected chi connectivity index (χ1v) is 7.02. The van der Waals surface area contributed by atoms with E-state index in [0.29, 0.717) is 6.54 Å². The minimum atomic E-state index is 0.00735. The van der Waals surface area contributed by atoms with Crippen molar-refractivity contribution in [3.8, 4) is 0 Å². The Balaban J connectivity index is 2.03. The Morgan fingerprint density at radius 2 is 2.35 bits per heavy atom. The number of rotatable bonds is 4. The van der Waals surface area contributed by atoms with E-state index in [2.05, 4.69) is 10.2 Å². The van der Waals surface area contributed by atoms with E-state index in [1.54, 1.807) is 13.2 Å². The van der Waals surface area contributed by atoms with Crippen molar-refractivity contribution >= 4 is 17.7 Å². The molecule has 1 aliphatic rings. The molecular formula is C12H18N2O2S. The second-order valence-electron chi connectivity index (χ2n) is 4.12. The van der Waals surface area contributed by atoms with Gasteiger partial charge < -0.3 is 9.73 Å². The van der Waals surface area contributed by atoms with Crippen molar-refractivity contribution in [2.24, 2.45) is 0 Å². The number of carbonyl (C=O) groups is 1. The van der Waals surface area contributed by atoms with Gasteiger partial charge in [-0.2, -0.15) is 11.8 Å². The third-order valence-electron chi connectivity index (χ3n) is 2.90. The van der Waals surface area contributed by atoms with Gasteiger partial charge in [-0.3, -0.25) is 9.69 Å². The van der Waals surface area contributed by atoms with Crippen molar-refractivity contribution in [1.82, 2.24) is 10.2 Å². The van der Waals surface area contributed by atoms with Crippen LogP contribution < -0.4 is 5.32 Å². The number of carbonyl (C=O) groups excluding carboxylic acids is 1. The molecule has 1 fully saturated rings. The highest BCUT2D eigenvalue weighted by Crippen LogP contribution is 2.23. The first-order valence-electron chi connectivity index (χ1n) is 5.87. The third-order valence-corrected chi connectivity index (χ3v) is 3.84. The van der Waals surface area contributed by atoms with E-state index in [0.717, 1.165) is 30.4 Å². The van der Waals surface area contributed by atoms with E-state index in [-0.39, 0.29) is 11.9 Å². The van der Waals surface area contributed by atoms with Crippen LogP contribution in [-0.4, -0.2) is 41.9 Å². The molecule has 1 atom stereocenters. The lowest BCUT2D eigenvalue weighted by molar-refractivity contribution is -0.119. The lowest BCUT2D eigenvalue weighted by Gasteiger charge is -2.33. The molecule has 0 aliphatic carbocycles. The predicted molar refractivity (Wildman–Crippen MR) is 69.0 cm³/mol. The lowest BCUT2D eigenvalue weighted by Crippen LogP contribution is -2.41. The van der Waals surface area contributed by atoms with Gasteiger partial charge in [-0.15, -0.1) is 0 Å². The molecule has 2 rings (SSSR count). The molecule has 0 saturated carbocycles. The smallest absolute Gasteiger partial charge is 0.216 e. The molecule has 1 aromatic heterocycles. The first-order chi connectivity index (χ1) is 8.27. The van der Waals surface area contributed by atoms with Crippen molar-refractivity contribution in [2.45, 2.75) is 13.0 Å². The summed E-state index contributed by atoms with van der Waals surface area (Å²) in [7, 11) is 0. The van der Waals surface area contributed by atoms with Gasteiger partial charge in [0.05, 0.1) is 12.3 Å². The zero-order valence-electron chi connectivity index (χ0n) is 10.0. The van der Waals surface area contributed by atoms with Crippen LogP contribution in [-0.2, 0) is 4.79 Å². The predicted octanol–water partition coefficient (Wildman–Crippen LogP) is 1.51. The highest BCUT2D eigenvalue weighted by atomic mass is 32.2. The van der Waals surface area contributed by atoms with Crippen LogP contribution >= 0.6 is 11.8 Å². The van der Waals surface area contributed by atoms with Crippen LogP contribution in [0.1, 0.15) is 18.7 Å². The van der Waals surface area contributed by atoms with E-state index in [1.165, 1.54) is 0 Å². The Labute approximate surface area is 106 Å². The summed E-state index contributed by atoms with van der Waals surface area (Å²) in [5.74, 6) is 3.24. The van der Waals surface area contributed by atoms with E-state index in [1.807, 2.05) is 23.9 Å². The summed E-state index contributed by atoms with van der Waals surface area (Å²) in [6.45, 7) is 4.27. The molecule has 1 aliphatic heterocycles. The Kier molecular flexibility index (Phi) is 4.50. The fraction of sp³-hybridized carbons (Fsp3) is 0.583. The molecule has 1 saturated heterocycles. The number of hydrogen-bond donors (Lipinski definition) is 1. The summed E-state index contributed by atoms with van der Waals surface area (Å²) in [5, 5.41) is 2.88. The summed E-state index contributed by atoms with van der Waals surface area (Å²) >= 11 is 1.98. The summed E-state index contributed by atoms with van der Waals surface area (Å²) < 4.78 is 5.48. The number of hydrogen-bond acceptors (Lipinski definition) is 4. The van der Waals surface area contributed by atoms with Crippen molar-refractivity contribution in [2.75, 3.05) is 31.1 Å². The van der Waals surface area contributed by atoms with Gasteiger partial charge in [0.15, 0.2) is 0 Å². The summed E-state index contributed by atoms with van der Waals surface area (Å²) in [5.41, 5.74) is 0. The second-order valence-corrected chi connectivity index (χ2v) is 5.34. The van der Waals surface area contributed by atoms with Crippen molar-refractivity contribution < 1.29 is 9.21 Å². The zero-order valence-corrected chi connectivity index (χ0v) is 10.8. The third kappa shape index (κ3) is 3.51. The molecule has 0 bridgehead atoms. The second kappa shape index (κ2) is 6.12. The zero-order chi connectivity index (χ0) is 12.1. The van der Waals surface area contributed by atoms with Crippen molar-refractivity contribution in [1.29, 1.82) is 0 Å². The van der Waals surface area contributed by atoms with Crippen LogP contribution in [0.3, 0.4) is 0 Å². The van der Waals surface area contributed by atoms with E-state index < -0.39 is 0 Å². The molecule has 0 aromatic carbocycles. The number of nitrogens with one attached hydrogen (secondary N) is 1. The standard InChI is InChI=1S/C12H18N2O2S/c1-10(15)13-9-11(12-3-2-6-16-12)14-4-7-17-8-5-14/h2-3,6,11H,4-5,7-9H2,1H3,(H,13,15). The number of furan rings is 1. The van der Waals surface area contributed by atoms with Crippen LogP contribution in [0.15, 0.2) is 22.8 Å². The van der Waals surface area contributed by atoms with Crippen LogP contribution in [0.4, 0.5) is 0 Å². The van der Waals surface area contributed by atoms with Crippen LogP contribution in [0.5, 0.6) is 0 Å². The summed E-state index contributed by atoms with van der Waals surface area (Å²) in [4.78, 5) is 13.4. The highest BCUT2D eigenvalue weighted by molar-refractivity contribution is 7.99. The van der Waals surface area contributed by atoms with Gasteiger partial charge in [-0.25, -0.2) is 0 Å². The first kappa shape index (κ1) is 12.5. The lowest BCUT2D eigenvalue weighted by atomic mass is 10.2. The molecule has 5 heteroatoms. The summed E-state index contributed by atoms with van der Waals surface area (Å²) in [6, 6.07) is 4.04. The maximum atomic E-state index is 11.0. The normalized spacial score (nSPS) is 18.9.